The average Bonchev–Trinajstić information content (AvgIpc) is 2.26. The molecule has 2 N–H and O–H groups in total. The van der Waals surface area contributed by atoms with E-state index in [2.05, 4.69) is 17.0 Å². The molecule has 0 unspecified atom stereocenters. The molecule has 0 spiro atoms. The molecule has 0 amide bonds. The molecule has 0 radical (unpaired) electrons. The van der Waals surface area contributed by atoms with Crippen LogP contribution in [0.15, 0.2) is 17.0 Å². The zero-order valence-electron chi connectivity index (χ0n) is 12.2. The van der Waals surface area contributed by atoms with Crippen molar-refractivity contribution < 1.29 is 8.42 Å². The molecule has 0 aliphatic carbocycles. The maximum atomic E-state index is 12.3. The molecule has 19 heavy (non-hydrogen) atoms. The first kappa shape index (κ1) is 16.1. The number of hydrogen-bond acceptors (Lipinski definition) is 3. The Hall–Kier alpha value is -0.910. The largest absolute Gasteiger partial charge is 0.315 e. The molecule has 0 fully saturated rings. The molecule has 0 atom stereocenters. The van der Waals surface area contributed by atoms with Crippen LogP contribution >= 0.6 is 0 Å². The minimum atomic E-state index is -3.42. The summed E-state index contributed by atoms with van der Waals surface area (Å²) in [6, 6.07) is 3.80. The predicted molar refractivity (Wildman–Crippen MR) is 79.0 cm³/mol. The summed E-state index contributed by atoms with van der Waals surface area (Å²) >= 11 is 0. The monoisotopic (exact) mass is 284 g/mol. The molecule has 0 bridgehead atoms. The van der Waals surface area contributed by atoms with Gasteiger partial charge in [-0.05, 0) is 44.9 Å². The van der Waals surface area contributed by atoms with E-state index in [1.165, 1.54) is 0 Å². The van der Waals surface area contributed by atoms with Gasteiger partial charge in [0.15, 0.2) is 0 Å². The molecule has 4 nitrogen and oxygen atoms in total. The Morgan fingerprint density at radius 1 is 1.00 bits per heavy atom. The first-order valence-corrected chi connectivity index (χ1v) is 8.15. The molecule has 0 saturated carbocycles. The number of benzene rings is 1. The molecule has 0 aromatic heterocycles. The minimum Gasteiger partial charge on any atom is -0.315 e. The van der Waals surface area contributed by atoms with Crippen LogP contribution in [0.4, 0.5) is 0 Å². The van der Waals surface area contributed by atoms with Crippen LogP contribution in [0.1, 0.15) is 30.0 Å². The van der Waals surface area contributed by atoms with Crippen molar-refractivity contribution in [2.45, 2.75) is 39.0 Å². The fraction of sp³-hybridized carbons (Fsp3) is 0.571. The smallest absolute Gasteiger partial charge is 0.241 e. The van der Waals surface area contributed by atoms with Gasteiger partial charge in [-0.25, -0.2) is 13.1 Å². The SMILES string of the molecule is CCCNCCNS(=O)(=O)c1c(C)cc(C)cc1C. The molecule has 108 valence electrons. The standard InChI is InChI=1S/C14H24N2O2S/c1-5-6-15-7-8-16-19(17,18)14-12(3)9-11(2)10-13(14)4/h9-10,15-16H,5-8H2,1-4H3. The van der Waals surface area contributed by atoms with Gasteiger partial charge in [-0.3, -0.25) is 0 Å². The van der Waals surface area contributed by atoms with Crippen LogP contribution < -0.4 is 10.0 Å². The zero-order chi connectivity index (χ0) is 14.5. The minimum absolute atomic E-state index is 0.411. The van der Waals surface area contributed by atoms with Crippen LogP contribution in [0.5, 0.6) is 0 Å². The number of nitrogens with one attached hydrogen (secondary N) is 2. The second-order valence-electron chi connectivity index (χ2n) is 4.88. The van der Waals surface area contributed by atoms with E-state index in [0.717, 1.165) is 29.7 Å². The maximum absolute atomic E-state index is 12.3. The molecular weight excluding hydrogens is 260 g/mol. The van der Waals surface area contributed by atoms with E-state index in [4.69, 9.17) is 0 Å². The second-order valence-corrected chi connectivity index (χ2v) is 6.58. The van der Waals surface area contributed by atoms with Gasteiger partial charge in [-0.2, -0.15) is 0 Å². The fourth-order valence-corrected chi connectivity index (χ4v) is 3.72. The van der Waals surface area contributed by atoms with Crippen molar-refractivity contribution in [3.8, 4) is 0 Å². The Labute approximate surface area is 116 Å². The van der Waals surface area contributed by atoms with Crippen molar-refractivity contribution in [2.75, 3.05) is 19.6 Å². The van der Waals surface area contributed by atoms with E-state index in [9.17, 15) is 8.42 Å². The van der Waals surface area contributed by atoms with E-state index >= 15 is 0 Å². The van der Waals surface area contributed by atoms with Crippen molar-refractivity contribution in [1.82, 2.24) is 10.0 Å². The highest BCUT2D eigenvalue weighted by molar-refractivity contribution is 7.89. The van der Waals surface area contributed by atoms with Crippen LogP contribution in [-0.4, -0.2) is 28.1 Å². The Morgan fingerprint density at radius 2 is 1.58 bits per heavy atom. The Kier molecular flexibility index (Phi) is 5.97. The van der Waals surface area contributed by atoms with E-state index in [1.807, 2.05) is 32.9 Å². The predicted octanol–water partition coefficient (Wildman–Crippen LogP) is 1.89. The number of aryl methyl sites for hydroxylation is 3. The lowest BCUT2D eigenvalue weighted by Gasteiger charge is -2.13. The molecule has 0 saturated heterocycles. The van der Waals surface area contributed by atoms with Crippen molar-refractivity contribution in [2.24, 2.45) is 0 Å². The lowest BCUT2D eigenvalue weighted by atomic mass is 10.1. The van der Waals surface area contributed by atoms with E-state index in [0.29, 0.717) is 18.0 Å². The first-order valence-electron chi connectivity index (χ1n) is 6.66. The van der Waals surface area contributed by atoms with Gasteiger partial charge in [0, 0.05) is 13.1 Å². The summed E-state index contributed by atoms with van der Waals surface area (Å²) in [5.74, 6) is 0. The molecule has 0 aliphatic rings. The van der Waals surface area contributed by atoms with Crippen molar-refractivity contribution in [3.05, 3.63) is 28.8 Å². The Balaban J connectivity index is 2.78. The quantitative estimate of drug-likeness (QED) is 0.752. The molecular formula is C14H24N2O2S. The summed E-state index contributed by atoms with van der Waals surface area (Å²) in [5.41, 5.74) is 2.68. The lowest BCUT2D eigenvalue weighted by Crippen LogP contribution is -2.32. The molecule has 5 heteroatoms. The van der Waals surface area contributed by atoms with Crippen LogP contribution in [0.25, 0.3) is 0 Å². The third-order valence-corrected chi connectivity index (χ3v) is 4.66. The van der Waals surface area contributed by atoms with Gasteiger partial charge >= 0.3 is 0 Å². The molecule has 1 aromatic carbocycles. The summed E-state index contributed by atoms with van der Waals surface area (Å²) in [6.07, 6.45) is 1.04. The summed E-state index contributed by atoms with van der Waals surface area (Å²) in [4.78, 5) is 0.411. The summed E-state index contributed by atoms with van der Waals surface area (Å²) < 4.78 is 27.2. The molecule has 0 heterocycles. The van der Waals surface area contributed by atoms with Gasteiger partial charge < -0.3 is 5.32 Å². The summed E-state index contributed by atoms with van der Waals surface area (Å²) in [5, 5.41) is 3.17. The highest BCUT2D eigenvalue weighted by Crippen LogP contribution is 2.21. The third-order valence-electron chi connectivity index (χ3n) is 2.89. The summed E-state index contributed by atoms with van der Waals surface area (Å²) in [6.45, 7) is 9.69. The highest BCUT2D eigenvalue weighted by Gasteiger charge is 2.18. The Morgan fingerprint density at radius 3 is 2.11 bits per heavy atom. The van der Waals surface area contributed by atoms with Crippen molar-refractivity contribution in [1.29, 1.82) is 0 Å². The Bertz CT molecular complexity index is 501. The van der Waals surface area contributed by atoms with Gasteiger partial charge in [0.25, 0.3) is 0 Å². The zero-order valence-corrected chi connectivity index (χ0v) is 13.0. The van der Waals surface area contributed by atoms with Gasteiger partial charge in [-0.1, -0.05) is 24.6 Å². The van der Waals surface area contributed by atoms with E-state index in [-0.39, 0.29) is 0 Å². The maximum Gasteiger partial charge on any atom is 0.241 e. The van der Waals surface area contributed by atoms with Gasteiger partial charge in [0.2, 0.25) is 10.0 Å². The number of sulfonamides is 1. The van der Waals surface area contributed by atoms with Crippen molar-refractivity contribution >= 4 is 10.0 Å². The first-order chi connectivity index (χ1) is 8.88. The normalized spacial score (nSPS) is 11.8. The van der Waals surface area contributed by atoms with Crippen molar-refractivity contribution in [3.63, 3.8) is 0 Å². The number of rotatable bonds is 7. The van der Waals surface area contributed by atoms with Crippen LogP contribution in [0.2, 0.25) is 0 Å². The fourth-order valence-electron chi connectivity index (χ4n) is 2.24. The van der Waals surface area contributed by atoms with Crippen LogP contribution in [-0.2, 0) is 10.0 Å². The van der Waals surface area contributed by atoms with Crippen LogP contribution in [0, 0.1) is 20.8 Å². The van der Waals surface area contributed by atoms with E-state index in [1.54, 1.807) is 0 Å². The summed E-state index contributed by atoms with van der Waals surface area (Å²) in [7, 11) is -3.42. The van der Waals surface area contributed by atoms with Crippen LogP contribution in [0.3, 0.4) is 0 Å². The van der Waals surface area contributed by atoms with Gasteiger partial charge in [-0.15, -0.1) is 0 Å². The van der Waals surface area contributed by atoms with E-state index < -0.39 is 10.0 Å². The van der Waals surface area contributed by atoms with Gasteiger partial charge in [0.05, 0.1) is 4.90 Å². The second kappa shape index (κ2) is 7.03. The average molecular weight is 284 g/mol. The molecule has 1 rings (SSSR count). The number of hydrogen-bond donors (Lipinski definition) is 2. The lowest BCUT2D eigenvalue weighted by molar-refractivity contribution is 0.574. The third kappa shape index (κ3) is 4.60. The molecule has 0 aliphatic heterocycles. The highest BCUT2D eigenvalue weighted by atomic mass is 32.2. The topological polar surface area (TPSA) is 58.2 Å². The molecule has 1 aromatic rings. The van der Waals surface area contributed by atoms with Gasteiger partial charge in [0.1, 0.15) is 0 Å².